The molecule has 0 aliphatic carbocycles. The van der Waals surface area contributed by atoms with E-state index in [1.165, 1.54) is 65.0 Å². The second-order valence-corrected chi connectivity index (χ2v) is 6.46. The number of rotatable bonds is 4. The predicted molar refractivity (Wildman–Crippen MR) is 73.3 cm³/mol. The van der Waals surface area contributed by atoms with Crippen LogP contribution >= 0.6 is 0 Å². The van der Waals surface area contributed by atoms with Crippen molar-refractivity contribution in [3.8, 4) is 0 Å². The molecule has 2 aliphatic rings. The monoisotopic (exact) mass is 239 g/mol. The highest BCUT2D eigenvalue weighted by atomic mass is 15.1. The summed E-state index contributed by atoms with van der Waals surface area (Å²) in [5, 5.41) is 7.21. The van der Waals surface area contributed by atoms with Gasteiger partial charge in [0.25, 0.3) is 0 Å². The average molecular weight is 239 g/mol. The Morgan fingerprint density at radius 1 is 1.35 bits per heavy atom. The van der Waals surface area contributed by atoms with Crippen molar-refractivity contribution in [2.45, 2.75) is 32.6 Å². The van der Waals surface area contributed by atoms with Gasteiger partial charge in [0.05, 0.1) is 0 Å². The van der Waals surface area contributed by atoms with E-state index in [0.29, 0.717) is 5.41 Å². The highest BCUT2D eigenvalue weighted by Gasteiger charge is 2.28. The van der Waals surface area contributed by atoms with Gasteiger partial charge in [-0.3, -0.25) is 0 Å². The quantitative estimate of drug-likeness (QED) is 0.774. The number of nitrogens with zero attached hydrogens (tertiary/aromatic N) is 1. The normalized spacial score (nSPS) is 30.4. The Morgan fingerprint density at radius 2 is 2.12 bits per heavy atom. The van der Waals surface area contributed by atoms with Gasteiger partial charge in [-0.25, -0.2) is 0 Å². The van der Waals surface area contributed by atoms with Crippen LogP contribution in [0.25, 0.3) is 0 Å². The van der Waals surface area contributed by atoms with Crippen molar-refractivity contribution in [2.24, 2.45) is 11.3 Å². The molecule has 2 rings (SSSR count). The zero-order valence-electron chi connectivity index (χ0n) is 11.6. The Hall–Kier alpha value is -0.120. The minimum absolute atomic E-state index is 0.536. The Balaban J connectivity index is 1.63. The van der Waals surface area contributed by atoms with Gasteiger partial charge in [-0.15, -0.1) is 0 Å². The first-order valence-electron chi connectivity index (χ1n) is 7.28. The number of hydrogen-bond donors (Lipinski definition) is 2. The molecule has 0 aromatic heterocycles. The van der Waals surface area contributed by atoms with Gasteiger partial charge in [-0.2, -0.15) is 0 Å². The molecule has 2 aliphatic heterocycles. The fourth-order valence-electron chi connectivity index (χ4n) is 3.01. The molecular weight excluding hydrogens is 210 g/mol. The number of nitrogens with one attached hydrogen (secondary N) is 2. The van der Waals surface area contributed by atoms with E-state index in [1.54, 1.807) is 0 Å². The summed E-state index contributed by atoms with van der Waals surface area (Å²) in [5.41, 5.74) is 0.536. The third-order valence-electron chi connectivity index (χ3n) is 4.58. The maximum atomic E-state index is 3.72. The van der Waals surface area contributed by atoms with Crippen LogP contribution in [-0.2, 0) is 0 Å². The van der Waals surface area contributed by atoms with Crippen LogP contribution in [0, 0.1) is 11.3 Å². The van der Waals surface area contributed by atoms with Gasteiger partial charge in [-0.1, -0.05) is 6.92 Å². The molecule has 0 aromatic carbocycles. The van der Waals surface area contributed by atoms with E-state index in [0.717, 1.165) is 5.92 Å². The third-order valence-corrected chi connectivity index (χ3v) is 4.58. The van der Waals surface area contributed by atoms with Gasteiger partial charge in [0.15, 0.2) is 0 Å². The van der Waals surface area contributed by atoms with Crippen LogP contribution in [0.15, 0.2) is 0 Å². The summed E-state index contributed by atoms with van der Waals surface area (Å²) in [5.74, 6) is 0.860. The van der Waals surface area contributed by atoms with Gasteiger partial charge < -0.3 is 15.5 Å². The van der Waals surface area contributed by atoms with Crippen LogP contribution in [0.1, 0.15) is 32.6 Å². The molecule has 0 spiro atoms. The topological polar surface area (TPSA) is 27.3 Å². The Labute approximate surface area is 106 Å². The van der Waals surface area contributed by atoms with E-state index in [9.17, 15) is 0 Å². The molecular formula is C14H29N3. The summed E-state index contributed by atoms with van der Waals surface area (Å²) in [6, 6.07) is 0. The fraction of sp³-hybridized carbons (Fsp3) is 1.00. The third kappa shape index (κ3) is 4.23. The number of piperidine rings is 2. The lowest BCUT2D eigenvalue weighted by atomic mass is 9.80. The van der Waals surface area contributed by atoms with Crippen molar-refractivity contribution in [3.05, 3.63) is 0 Å². The Morgan fingerprint density at radius 3 is 2.76 bits per heavy atom. The van der Waals surface area contributed by atoms with Crippen LogP contribution in [0.3, 0.4) is 0 Å². The summed E-state index contributed by atoms with van der Waals surface area (Å²) in [7, 11) is 2.24. The standard InChI is InChI=1S/C14H29N3/c1-14(5-8-17(2)9-6-14)12-16-11-13-4-3-7-15-10-13/h13,15-16H,3-12H2,1-2H3. The molecule has 0 saturated carbocycles. The van der Waals surface area contributed by atoms with Crippen molar-refractivity contribution in [1.82, 2.24) is 15.5 Å². The van der Waals surface area contributed by atoms with Crippen LogP contribution in [0.4, 0.5) is 0 Å². The van der Waals surface area contributed by atoms with Crippen LogP contribution in [-0.4, -0.2) is 51.2 Å². The Kier molecular flexibility index (Phi) is 4.83. The smallest absolute Gasteiger partial charge is 0.000624 e. The van der Waals surface area contributed by atoms with E-state index in [1.807, 2.05) is 0 Å². The molecule has 3 heteroatoms. The van der Waals surface area contributed by atoms with Crippen LogP contribution in [0.2, 0.25) is 0 Å². The maximum Gasteiger partial charge on any atom is 0.000624 e. The molecule has 1 atom stereocenters. The maximum absolute atomic E-state index is 3.72. The lowest BCUT2D eigenvalue weighted by Crippen LogP contribution is -2.44. The SMILES string of the molecule is CN1CCC(C)(CNCC2CCCNC2)CC1. The first-order chi connectivity index (χ1) is 8.18. The largest absolute Gasteiger partial charge is 0.316 e. The minimum Gasteiger partial charge on any atom is -0.316 e. The first kappa shape index (κ1) is 13.3. The lowest BCUT2D eigenvalue weighted by Gasteiger charge is -2.38. The van der Waals surface area contributed by atoms with E-state index in [4.69, 9.17) is 0 Å². The van der Waals surface area contributed by atoms with Crippen LogP contribution in [0.5, 0.6) is 0 Å². The molecule has 2 heterocycles. The van der Waals surface area contributed by atoms with E-state index >= 15 is 0 Å². The summed E-state index contributed by atoms with van der Waals surface area (Å²) >= 11 is 0. The Bertz CT molecular complexity index is 216. The molecule has 0 bridgehead atoms. The predicted octanol–water partition coefficient (Wildman–Crippen LogP) is 1.31. The van der Waals surface area contributed by atoms with E-state index in [2.05, 4.69) is 29.5 Å². The lowest BCUT2D eigenvalue weighted by molar-refractivity contribution is 0.135. The summed E-state index contributed by atoms with van der Waals surface area (Å²) in [6.45, 7) is 9.83. The number of hydrogen-bond acceptors (Lipinski definition) is 3. The van der Waals surface area contributed by atoms with Crippen molar-refractivity contribution < 1.29 is 0 Å². The molecule has 17 heavy (non-hydrogen) atoms. The summed E-state index contributed by atoms with van der Waals surface area (Å²) in [6.07, 6.45) is 5.45. The van der Waals surface area contributed by atoms with Gasteiger partial charge >= 0.3 is 0 Å². The van der Waals surface area contributed by atoms with Crippen molar-refractivity contribution in [1.29, 1.82) is 0 Å². The molecule has 100 valence electrons. The number of likely N-dealkylation sites (tertiary alicyclic amines) is 1. The van der Waals surface area contributed by atoms with E-state index in [-0.39, 0.29) is 0 Å². The molecule has 2 fully saturated rings. The molecule has 1 unspecified atom stereocenters. The molecule has 0 aromatic rings. The minimum atomic E-state index is 0.536. The first-order valence-corrected chi connectivity index (χ1v) is 7.28. The molecule has 0 radical (unpaired) electrons. The van der Waals surface area contributed by atoms with E-state index < -0.39 is 0 Å². The second kappa shape index (κ2) is 6.17. The van der Waals surface area contributed by atoms with Crippen molar-refractivity contribution >= 4 is 0 Å². The fourth-order valence-corrected chi connectivity index (χ4v) is 3.01. The van der Waals surface area contributed by atoms with Gasteiger partial charge in [0.2, 0.25) is 0 Å². The van der Waals surface area contributed by atoms with Crippen LogP contribution < -0.4 is 10.6 Å². The highest BCUT2D eigenvalue weighted by Crippen LogP contribution is 2.29. The zero-order chi connectivity index (χ0) is 12.1. The average Bonchev–Trinajstić information content (AvgIpc) is 2.35. The van der Waals surface area contributed by atoms with Gasteiger partial charge in [0.1, 0.15) is 0 Å². The highest BCUT2D eigenvalue weighted by molar-refractivity contribution is 4.84. The molecule has 3 nitrogen and oxygen atoms in total. The molecule has 0 amide bonds. The van der Waals surface area contributed by atoms with Crippen molar-refractivity contribution in [3.63, 3.8) is 0 Å². The van der Waals surface area contributed by atoms with Gasteiger partial charge in [-0.05, 0) is 76.8 Å². The summed E-state index contributed by atoms with van der Waals surface area (Å²) < 4.78 is 0. The zero-order valence-corrected chi connectivity index (χ0v) is 11.6. The molecule has 2 N–H and O–H groups in total. The molecule has 2 saturated heterocycles. The summed E-state index contributed by atoms with van der Waals surface area (Å²) in [4.78, 5) is 2.45. The van der Waals surface area contributed by atoms with Gasteiger partial charge in [0, 0.05) is 6.54 Å². The van der Waals surface area contributed by atoms with Crippen molar-refractivity contribution in [2.75, 3.05) is 46.3 Å². The second-order valence-electron chi connectivity index (χ2n) is 6.46.